The monoisotopic (exact) mass is 257 g/mol. The third-order valence-corrected chi connectivity index (χ3v) is 4.71. The van der Waals surface area contributed by atoms with Gasteiger partial charge in [0.15, 0.2) is 0 Å². The van der Waals surface area contributed by atoms with E-state index in [4.69, 9.17) is 4.74 Å². The van der Waals surface area contributed by atoms with Gasteiger partial charge >= 0.3 is 0 Å². The molecule has 3 rings (SSSR count). The third kappa shape index (κ3) is 2.55. The van der Waals surface area contributed by atoms with Crippen molar-refractivity contribution < 1.29 is 4.74 Å². The first-order chi connectivity index (χ1) is 9.28. The van der Waals surface area contributed by atoms with Crippen molar-refractivity contribution in [2.24, 2.45) is 17.8 Å². The van der Waals surface area contributed by atoms with Gasteiger partial charge in [0.1, 0.15) is 5.75 Å². The van der Waals surface area contributed by atoms with Crippen LogP contribution in [0.15, 0.2) is 36.4 Å². The smallest absolute Gasteiger partial charge is 0.123 e. The Bertz CT molecular complexity index is 468. The van der Waals surface area contributed by atoms with E-state index in [9.17, 15) is 0 Å². The molecule has 0 aliphatic heterocycles. The van der Waals surface area contributed by atoms with Crippen molar-refractivity contribution in [3.8, 4) is 5.75 Å². The van der Waals surface area contributed by atoms with Crippen LogP contribution in [0.4, 0.5) is 0 Å². The van der Waals surface area contributed by atoms with Crippen molar-refractivity contribution in [1.29, 1.82) is 0 Å². The first-order valence-electron chi connectivity index (χ1n) is 7.32. The Morgan fingerprint density at radius 3 is 2.79 bits per heavy atom. The number of ether oxygens (including phenoxy) is 1. The van der Waals surface area contributed by atoms with Crippen molar-refractivity contribution in [3.05, 3.63) is 42.0 Å². The summed E-state index contributed by atoms with van der Waals surface area (Å²) < 4.78 is 5.44. The summed E-state index contributed by atoms with van der Waals surface area (Å²) in [4.78, 5) is 0. The van der Waals surface area contributed by atoms with Gasteiger partial charge in [-0.05, 0) is 50.1 Å². The van der Waals surface area contributed by atoms with Crippen LogP contribution in [-0.2, 0) is 0 Å². The van der Waals surface area contributed by atoms with Gasteiger partial charge < -0.3 is 10.1 Å². The minimum atomic E-state index is 0.347. The number of hydrogen-bond donors (Lipinski definition) is 1. The lowest BCUT2D eigenvalue weighted by Crippen LogP contribution is -2.28. The first-order valence-corrected chi connectivity index (χ1v) is 7.32. The van der Waals surface area contributed by atoms with Gasteiger partial charge in [0.2, 0.25) is 0 Å². The molecule has 0 spiro atoms. The molecule has 19 heavy (non-hydrogen) atoms. The largest absolute Gasteiger partial charge is 0.496 e. The van der Waals surface area contributed by atoms with Crippen molar-refractivity contribution in [2.45, 2.75) is 25.8 Å². The zero-order chi connectivity index (χ0) is 13.2. The summed E-state index contributed by atoms with van der Waals surface area (Å²) in [5.74, 6) is 3.49. The quantitative estimate of drug-likeness (QED) is 0.814. The number of methoxy groups -OCH3 is 1. The predicted molar refractivity (Wildman–Crippen MR) is 78.3 cm³/mol. The maximum Gasteiger partial charge on any atom is 0.123 e. The summed E-state index contributed by atoms with van der Waals surface area (Å²) in [6.07, 6.45) is 7.58. The van der Waals surface area contributed by atoms with Crippen LogP contribution in [0.3, 0.4) is 0 Å². The predicted octanol–water partition coefficient (Wildman–Crippen LogP) is 3.56. The first kappa shape index (κ1) is 12.7. The molecule has 1 N–H and O–H groups in total. The van der Waals surface area contributed by atoms with E-state index >= 15 is 0 Å². The lowest BCUT2D eigenvalue weighted by atomic mass is 9.93. The van der Waals surface area contributed by atoms with E-state index in [2.05, 4.69) is 36.5 Å². The van der Waals surface area contributed by atoms with Gasteiger partial charge in [-0.25, -0.2) is 0 Å². The fourth-order valence-corrected chi connectivity index (χ4v) is 3.59. The van der Waals surface area contributed by atoms with E-state index in [0.29, 0.717) is 6.04 Å². The van der Waals surface area contributed by atoms with Gasteiger partial charge in [-0.3, -0.25) is 0 Å². The normalized spacial score (nSPS) is 29.7. The molecule has 2 heteroatoms. The van der Waals surface area contributed by atoms with Gasteiger partial charge in [0, 0.05) is 11.6 Å². The van der Waals surface area contributed by atoms with Gasteiger partial charge in [-0.1, -0.05) is 30.4 Å². The van der Waals surface area contributed by atoms with Gasteiger partial charge in [0.05, 0.1) is 7.11 Å². The molecule has 0 heterocycles. The molecule has 1 aromatic rings. The SMILES string of the molecule is COc1ccccc1C(C)NCC1CC2C=CC1C2. The number of allylic oxidation sites excluding steroid dienone is 2. The Kier molecular flexibility index (Phi) is 3.61. The molecule has 1 fully saturated rings. The molecule has 1 saturated carbocycles. The Labute approximate surface area is 115 Å². The van der Waals surface area contributed by atoms with Crippen LogP contribution in [0, 0.1) is 17.8 Å². The summed E-state index contributed by atoms with van der Waals surface area (Å²) in [5.41, 5.74) is 1.25. The van der Waals surface area contributed by atoms with Crippen LogP contribution in [0.2, 0.25) is 0 Å². The van der Waals surface area contributed by atoms with Crippen LogP contribution < -0.4 is 10.1 Å². The van der Waals surface area contributed by atoms with Gasteiger partial charge in [-0.2, -0.15) is 0 Å². The van der Waals surface area contributed by atoms with E-state index < -0.39 is 0 Å². The average molecular weight is 257 g/mol. The molecule has 0 amide bonds. The highest BCUT2D eigenvalue weighted by Gasteiger charge is 2.35. The van der Waals surface area contributed by atoms with E-state index in [1.165, 1.54) is 18.4 Å². The van der Waals surface area contributed by atoms with Crippen LogP contribution >= 0.6 is 0 Å². The molecule has 2 aliphatic carbocycles. The number of fused-ring (bicyclic) bond motifs is 2. The second-order valence-electron chi connectivity index (χ2n) is 5.91. The highest BCUT2D eigenvalue weighted by Crippen LogP contribution is 2.43. The zero-order valence-electron chi connectivity index (χ0n) is 11.8. The number of rotatable bonds is 5. The molecular weight excluding hydrogens is 234 g/mol. The standard InChI is InChI=1S/C17H23NO/c1-12(16-5-3-4-6-17(16)19-2)18-11-15-10-13-7-8-14(15)9-13/h3-8,12-15,18H,9-11H2,1-2H3. The summed E-state index contributed by atoms with van der Waals surface area (Å²) >= 11 is 0. The fourth-order valence-electron chi connectivity index (χ4n) is 3.59. The highest BCUT2D eigenvalue weighted by molar-refractivity contribution is 5.35. The van der Waals surface area contributed by atoms with Crippen molar-refractivity contribution >= 4 is 0 Å². The molecule has 2 aliphatic rings. The number of nitrogens with one attached hydrogen (secondary N) is 1. The van der Waals surface area contributed by atoms with Crippen LogP contribution in [0.5, 0.6) is 5.75 Å². The second kappa shape index (κ2) is 5.38. The van der Waals surface area contributed by atoms with Crippen molar-refractivity contribution in [3.63, 3.8) is 0 Å². The number of benzene rings is 1. The Balaban J connectivity index is 1.59. The molecule has 0 saturated heterocycles. The Morgan fingerprint density at radius 1 is 1.26 bits per heavy atom. The molecule has 2 bridgehead atoms. The molecule has 0 aromatic heterocycles. The number of hydrogen-bond acceptors (Lipinski definition) is 2. The second-order valence-corrected chi connectivity index (χ2v) is 5.91. The summed E-state index contributed by atoms with van der Waals surface area (Å²) in [6, 6.07) is 8.64. The zero-order valence-corrected chi connectivity index (χ0v) is 11.8. The molecule has 0 radical (unpaired) electrons. The minimum absolute atomic E-state index is 0.347. The Hall–Kier alpha value is -1.28. The molecular formula is C17H23NO. The molecule has 4 unspecified atom stereocenters. The molecule has 1 aromatic carbocycles. The lowest BCUT2D eigenvalue weighted by molar-refractivity contribution is 0.377. The topological polar surface area (TPSA) is 21.3 Å². The fraction of sp³-hybridized carbons (Fsp3) is 0.529. The molecule has 2 nitrogen and oxygen atoms in total. The average Bonchev–Trinajstić information content (AvgIpc) is 3.07. The highest BCUT2D eigenvalue weighted by atomic mass is 16.5. The maximum atomic E-state index is 5.44. The maximum absolute atomic E-state index is 5.44. The Morgan fingerprint density at radius 2 is 2.11 bits per heavy atom. The van der Waals surface area contributed by atoms with Crippen molar-refractivity contribution in [1.82, 2.24) is 5.32 Å². The van der Waals surface area contributed by atoms with Crippen molar-refractivity contribution in [2.75, 3.05) is 13.7 Å². The number of para-hydroxylation sites is 1. The summed E-state index contributed by atoms with van der Waals surface area (Å²) in [6.45, 7) is 3.34. The van der Waals surface area contributed by atoms with Gasteiger partial charge in [0.25, 0.3) is 0 Å². The van der Waals surface area contributed by atoms with Crippen LogP contribution in [-0.4, -0.2) is 13.7 Å². The van der Waals surface area contributed by atoms with Crippen LogP contribution in [0.25, 0.3) is 0 Å². The summed E-state index contributed by atoms with van der Waals surface area (Å²) in [7, 11) is 1.74. The summed E-state index contributed by atoms with van der Waals surface area (Å²) in [5, 5.41) is 3.69. The lowest BCUT2D eigenvalue weighted by Gasteiger charge is -2.23. The van der Waals surface area contributed by atoms with E-state index in [1.807, 2.05) is 12.1 Å². The van der Waals surface area contributed by atoms with E-state index in [-0.39, 0.29) is 0 Å². The third-order valence-electron chi connectivity index (χ3n) is 4.71. The van der Waals surface area contributed by atoms with Gasteiger partial charge in [-0.15, -0.1) is 0 Å². The van der Waals surface area contributed by atoms with E-state index in [0.717, 1.165) is 30.0 Å². The minimum Gasteiger partial charge on any atom is -0.496 e. The van der Waals surface area contributed by atoms with E-state index in [1.54, 1.807) is 7.11 Å². The molecule has 4 atom stereocenters. The van der Waals surface area contributed by atoms with Crippen LogP contribution in [0.1, 0.15) is 31.4 Å². The molecule has 102 valence electrons.